The van der Waals surface area contributed by atoms with Crippen LogP contribution in [0, 0.1) is 0 Å². The monoisotopic (exact) mass is 426 g/mol. The van der Waals surface area contributed by atoms with E-state index in [9.17, 15) is 21.6 Å². The van der Waals surface area contributed by atoms with Gasteiger partial charge in [-0.2, -0.15) is 13.2 Å². The molecule has 2 nitrogen and oxygen atoms in total. The van der Waals surface area contributed by atoms with Crippen molar-refractivity contribution in [3.8, 4) is 0 Å². The Morgan fingerprint density at radius 1 is 0.826 bits per heavy atom. The molecule has 0 bridgehead atoms. The molecule has 126 valence electrons. The predicted molar refractivity (Wildman–Crippen MR) is 90.6 cm³/mol. The molecule has 0 heterocycles. The Hall–Kier alpha value is -0.990. The summed E-state index contributed by atoms with van der Waals surface area (Å²) in [7, 11) is -8.75. The van der Waals surface area contributed by atoms with E-state index in [2.05, 4.69) is 15.9 Å². The van der Waals surface area contributed by atoms with Crippen molar-refractivity contribution < 1.29 is 21.6 Å². The van der Waals surface area contributed by atoms with Gasteiger partial charge in [0.05, 0.1) is 0 Å². The van der Waals surface area contributed by atoms with Gasteiger partial charge in [-0.1, -0.05) is 61.4 Å². The van der Waals surface area contributed by atoms with Gasteiger partial charge in [-0.05, 0) is 24.3 Å². The number of halogens is 4. The molecule has 0 aliphatic rings. The van der Waals surface area contributed by atoms with Crippen LogP contribution in [0.5, 0.6) is 0 Å². The second kappa shape index (κ2) is 6.86. The average Bonchev–Trinajstić information content (AvgIpc) is 2.53. The zero-order valence-corrected chi connectivity index (χ0v) is 15.1. The molecule has 0 saturated carbocycles. The maximum atomic E-state index is 13.4. The molecule has 0 aliphatic heterocycles. The molecule has 0 fully saturated rings. The van der Waals surface area contributed by atoms with Crippen LogP contribution in [0.25, 0.3) is 0 Å². The molecule has 2 aromatic carbocycles. The topological polar surface area (TPSA) is 34.1 Å². The smallest absolute Gasteiger partial charge is 0.209 e. The van der Waals surface area contributed by atoms with Gasteiger partial charge in [0.1, 0.15) is 0 Å². The minimum atomic E-state index is -5.42. The Morgan fingerprint density at radius 3 is 1.52 bits per heavy atom. The first-order chi connectivity index (χ1) is 10.8. The van der Waals surface area contributed by atoms with E-state index in [0.717, 1.165) is 0 Å². The van der Waals surface area contributed by atoms with Crippen molar-refractivity contribution in [3.63, 3.8) is 0 Å². The summed E-state index contributed by atoms with van der Waals surface area (Å²) in [5.74, 6) is -0.150. The normalized spacial score (nSPS) is 13.7. The van der Waals surface area contributed by atoms with Crippen molar-refractivity contribution >= 4 is 33.9 Å². The van der Waals surface area contributed by atoms with Gasteiger partial charge < -0.3 is 0 Å². The summed E-state index contributed by atoms with van der Waals surface area (Å²) < 4.78 is 65.4. The van der Waals surface area contributed by atoms with Crippen LogP contribution in [0.4, 0.5) is 13.2 Å². The summed E-state index contributed by atoms with van der Waals surface area (Å²) in [5.41, 5.74) is -5.32. The summed E-state index contributed by atoms with van der Waals surface area (Å²) in [6.07, 6.45) is 0. The molecule has 0 aromatic heterocycles. The Kier molecular flexibility index (Phi) is 5.48. The van der Waals surface area contributed by atoms with Gasteiger partial charge in [-0.3, -0.25) is 0 Å². The van der Waals surface area contributed by atoms with E-state index >= 15 is 0 Å². The highest BCUT2D eigenvalue weighted by Gasteiger charge is 2.57. The van der Waals surface area contributed by atoms with Gasteiger partial charge in [-0.15, -0.1) is 0 Å². The highest BCUT2D eigenvalue weighted by molar-refractivity contribution is 9.09. The lowest BCUT2D eigenvalue weighted by molar-refractivity contribution is -0.0411. The van der Waals surface area contributed by atoms with E-state index in [1.54, 1.807) is 36.4 Å². The van der Waals surface area contributed by atoms with Crippen LogP contribution in [0.1, 0.15) is 0 Å². The minimum Gasteiger partial charge on any atom is -0.209 e. The summed E-state index contributed by atoms with van der Waals surface area (Å²) in [5, 5.41) is 0.140. The lowest BCUT2D eigenvalue weighted by atomic mass is 10.4. The zero-order valence-electron chi connectivity index (χ0n) is 11.8. The van der Waals surface area contributed by atoms with E-state index in [0.29, 0.717) is 0 Å². The molecule has 0 radical (unpaired) electrons. The van der Waals surface area contributed by atoms with Crippen LogP contribution < -0.4 is 0 Å². The Balaban J connectivity index is 2.88. The third kappa shape index (κ3) is 3.16. The van der Waals surface area contributed by atoms with Gasteiger partial charge in [0.2, 0.25) is 0 Å². The first-order valence-corrected chi connectivity index (χ1v) is 11.5. The number of benzene rings is 2. The molecule has 2 rings (SSSR count). The fourth-order valence-corrected chi connectivity index (χ4v) is 11.7. The second-order valence-electron chi connectivity index (χ2n) is 4.59. The van der Waals surface area contributed by atoms with Crippen LogP contribution in [0.15, 0.2) is 70.5 Å². The molecule has 0 aliphatic carbocycles. The largest absolute Gasteiger partial charge is 0.506 e. The van der Waals surface area contributed by atoms with Crippen molar-refractivity contribution in [2.24, 2.45) is 0 Å². The Labute approximate surface area is 142 Å². The zero-order chi connectivity index (χ0) is 17.1. The third-order valence-electron chi connectivity index (χ3n) is 3.27. The molecule has 0 unspecified atom stereocenters. The quantitative estimate of drug-likeness (QED) is 0.489. The minimum absolute atomic E-state index is 0.140. The van der Waals surface area contributed by atoms with Gasteiger partial charge in [0.25, 0.3) is 8.87 Å². The Morgan fingerprint density at radius 2 is 1.22 bits per heavy atom. The van der Waals surface area contributed by atoms with Crippen molar-refractivity contribution in [3.05, 3.63) is 60.7 Å². The number of hydrogen-bond donors (Lipinski definition) is 0. The van der Waals surface area contributed by atoms with Crippen LogP contribution in [0.3, 0.4) is 0 Å². The van der Waals surface area contributed by atoms with E-state index in [-0.39, 0.29) is 20.9 Å². The lowest BCUT2D eigenvalue weighted by Gasteiger charge is -2.39. The number of rotatable bonds is 5. The molecule has 0 amide bonds. The van der Waals surface area contributed by atoms with Crippen molar-refractivity contribution in [1.82, 2.24) is 0 Å². The van der Waals surface area contributed by atoms with Gasteiger partial charge in [0.15, 0.2) is 0 Å². The molecule has 0 saturated heterocycles. The van der Waals surface area contributed by atoms with Crippen molar-refractivity contribution in [2.45, 2.75) is 15.3 Å². The maximum Gasteiger partial charge on any atom is 0.506 e. The van der Waals surface area contributed by atoms with Crippen molar-refractivity contribution in [1.29, 1.82) is 0 Å². The van der Waals surface area contributed by atoms with E-state index in [1.165, 1.54) is 24.3 Å². The fraction of sp³-hybridized carbons (Fsp3) is 0.200. The summed E-state index contributed by atoms with van der Waals surface area (Å²) in [6, 6.07) is 15.3. The molecular weight excluding hydrogens is 413 g/mol. The summed E-state index contributed by atoms with van der Waals surface area (Å²) in [6.45, 7) is 0. The van der Waals surface area contributed by atoms with Crippen molar-refractivity contribution in [2.75, 3.05) is 11.1 Å². The highest BCUT2D eigenvalue weighted by atomic mass is 79.9. The SMILES string of the molecule is O=S(=O)(C(F)(F)F)S(CCBr)(c1ccccc1)c1ccccc1. The standard InChI is InChI=1S/C15H14BrF3O2S2/c16-11-12-22(13-7-3-1-4-8-13,14-9-5-2-6-10-14)23(20,21)15(17,18)19/h1-10H,11-12H2. The van der Waals surface area contributed by atoms with Gasteiger partial charge in [-0.25, -0.2) is 8.42 Å². The third-order valence-corrected chi connectivity index (χ3v) is 12.8. The predicted octanol–water partition coefficient (Wildman–Crippen LogP) is 5.15. The molecule has 0 atom stereocenters. The highest BCUT2D eigenvalue weighted by Crippen LogP contribution is 2.70. The summed E-state index contributed by atoms with van der Waals surface area (Å²) in [4.78, 5) is 0.367. The molecule has 0 N–H and O–H groups in total. The molecule has 2 aromatic rings. The fourth-order valence-electron chi connectivity index (χ4n) is 2.29. The molecule has 8 heteroatoms. The van der Waals surface area contributed by atoms with E-state index in [1.807, 2.05) is 0 Å². The average molecular weight is 427 g/mol. The molecule has 23 heavy (non-hydrogen) atoms. The second-order valence-corrected chi connectivity index (χ2v) is 12.5. The number of hydrogen-bond acceptors (Lipinski definition) is 2. The van der Waals surface area contributed by atoms with E-state index < -0.39 is 23.4 Å². The van der Waals surface area contributed by atoms with Crippen LogP contribution >= 0.6 is 25.0 Å². The Bertz CT molecular complexity index is 708. The molecule has 0 spiro atoms. The first-order valence-electron chi connectivity index (χ1n) is 6.56. The van der Waals surface area contributed by atoms with Crippen LogP contribution in [-0.4, -0.2) is 25.0 Å². The maximum absolute atomic E-state index is 13.4. The number of alkyl halides is 4. The summed E-state index contributed by atoms with van der Waals surface area (Å²) >= 11 is 3.13. The van der Waals surface area contributed by atoms with Crippen LogP contribution in [-0.2, 0) is 8.87 Å². The first kappa shape index (κ1) is 18.4. The lowest BCUT2D eigenvalue weighted by Crippen LogP contribution is -2.31. The van der Waals surface area contributed by atoms with Crippen LogP contribution in [0.2, 0.25) is 0 Å². The van der Waals surface area contributed by atoms with Gasteiger partial charge >= 0.3 is 5.51 Å². The van der Waals surface area contributed by atoms with E-state index in [4.69, 9.17) is 0 Å². The van der Waals surface area contributed by atoms with Gasteiger partial charge in [0, 0.05) is 20.9 Å². The molecular formula is C15H14BrF3O2S2.